The van der Waals surface area contributed by atoms with Crippen LogP contribution in [0.2, 0.25) is 5.02 Å². The van der Waals surface area contributed by atoms with Crippen molar-refractivity contribution in [3.05, 3.63) is 23.2 Å². The van der Waals surface area contributed by atoms with Crippen molar-refractivity contribution in [2.75, 3.05) is 12.3 Å². The highest BCUT2D eigenvalue weighted by molar-refractivity contribution is 7.86. The van der Waals surface area contributed by atoms with Gasteiger partial charge in [-0.25, -0.2) is 0 Å². The summed E-state index contributed by atoms with van der Waals surface area (Å²) in [6.45, 7) is 6.17. The summed E-state index contributed by atoms with van der Waals surface area (Å²) in [5.41, 5.74) is 6.15. The Morgan fingerprint density at radius 1 is 1.42 bits per heavy atom. The first-order valence-electron chi connectivity index (χ1n) is 6.06. The van der Waals surface area contributed by atoms with Gasteiger partial charge in [-0.2, -0.15) is 0 Å². The molecule has 2 unspecified atom stereocenters. The Hall–Kier alpha value is -1.07. The van der Waals surface area contributed by atoms with Crippen molar-refractivity contribution in [3.8, 4) is 0 Å². The zero-order chi connectivity index (χ0) is 14.6. The van der Waals surface area contributed by atoms with Crippen LogP contribution in [0.4, 0.5) is 5.69 Å². The van der Waals surface area contributed by atoms with Gasteiger partial charge in [0.05, 0.1) is 15.7 Å². The molecular weight excluding hydrogens is 284 g/mol. The van der Waals surface area contributed by atoms with Gasteiger partial charge in [-0.1, -0.05) is 25.4 Å². The molecule has 6 heteroatoms. The number of halogens is 1. The molecule has 1 rings (SSSR count). The van der Waals surface area contributed by atoms with E-state index in [-0.39, 0.29) is 5.91 Å². The lowest BCUT2D eigenvalue weighted by Crippen LogP contribution is -2.37. The van der Waals surface area contributed by atoms with Crippen molar-refractivity contribution in [2.24, 2.45) is 5.92 Å². The molecule has 0 aliphatic carbocycles. The number of nitrogens with two attached hydrogens (primary N) is 1. The maximum Gasteiger partial charge on any atom is 0.235 e. The fourth-order valence-corrected chi connectivity index (χ4v) is 2.86. The van der Waals surface area contributed by atoms with Crippen molar-refractivity contribution < 1.29 is 9.00 Å². The third-order valence-corrected chi connectivity index (χ3v) is 4.45. The van der Waals surface area contributed by atoms with Crippen LogP contribution in [0.3, 0.4) is 0 Å². The van der Waals surface area contributed by atoms with Crippen LogP contribution in [0.1, 0.15) is 20.8 Å². The van der Waals surface area contributed by atoms with Gasteiger partial charge in [0, 0.05) is 17.3 Å². The van der Waals surface area contributed by atoms with E-state index in [4.69, 9.17) is 17.3 Å². The van der Waals surface area contributed by atoms with Crippen molar-refractivity contribution >= 4 is 34.0 Å². The minimum Gasteiger partial charge on any atom is -0.398 e. The minimum absolute atomic E-state index is 0.244. The molecule has 106 valence electrons. The van der Waals surface area contributed by atoms with Crippen LogP contribution in [0.5, 0.6) is 0 Å². The maximum atomic E-state index is 12.3. The number of nitrogen functional groups attached to an aromatic ring is 1. The summed E-state index contributed by atoms with van der Waals surface area (Å²) in [6.07, 6.45) is 0. The Labute approximate surface area is 121 Å². The molecule has 0 saturated heterocycles. The fraction of sp³-hybridized carbons (Fsp3) is 0.462. The highest BCUT2D eigenvalue weighted by Gasteiger charge is 2.23. The SMILES string of the molecule is CC(C)CNC(=O)C(C)S(=O)c1cc(Cl)ccc1N. The van der Waals surface area contributed by atoms with E-state index in [9.17, 15) is 9.00 Å². The predicted molar refractivity (Wildman–Crippen MR) is 79.6 cm³/mol. The number of hydrogen-bond acceptors (Lipinski definition) is 3. The number of carbonyl (C=O) groups excluding carboxylic acids is 1. The molecule has 1 amide bonds. The van der Waals surface area contributed by atoms with Gasteiger partial charge in [0.25, 0.3) is 0 Å². The number of amides is 1. The molecule has 0 aliphatic rings. The summed E-state index contributed by atoms with van der Waals surface area (Å²) in [7, 11) is -1.52. The average Bonchev–Trinajstić information content (AvgIpc) is 2.37. The molecule has 0 bridgehead atoms. The lowest BCUT2D eigenvalue weighted by molar-refractivity contribution is -0.120. The van der Waals surface area contributed by atoms with Crippen LogP contribution in [-0.4, -0.2) is 21.9 Å². The second-order valence-electron chi connectivity index (χ2n) is 4.76. The normalized spacial score (nSPS) is 14.2. The molecule has 2 atom stereocenters. The molecular formula is C13H19ClN2O2S. The third-order valence-electron chi connectivity index (χ3n) is 2.57. The lowest BCUT2D eigenvalue weighted by atomic mass is 10.2. The zero-order valence-corrected chi connectivity index (χ0v) is 12.8. The second-order valence-corrected chi connectivity index (χ2v) is 6.94. The Morgan fingerprint density at radius 2 is 2.05 bits per heavy atom. The summed E-state index contributed by atoms with van der Waals surface area (Å²) in [5.74, 6) is 0.104. The summed E-state index contributed by atoms with van der Waals surface area (Å²) < 4.78 is 12.3. The van der Waals surface area contributed by atoms with Gasteiger partial charge in [-0.05, 0) is 31.0 Å². The van der Waals surface area contributed by atoms with Crippen LogP contribution in [0, 0.1) is 5.92 Å². The van der Waals surface area contributed by atoms with E-state index in [1.165, 1.54) is 0 Å². The Kier molecular flexibility index (Phi) is 5.82. The highest BCUT2D eigenvalue weighted by Crippen LogP contribution is 2.23. The van der Waals surface area contributed by atoms with Crippen LogP contribution >= 0.6 is 11.6 Å². The molecule has 1 aromatic carbocycles. The first kappa shape index (κ1) is 16.0. The first-order valence-corrected chi connectivity index (χ1v) is 7.65. The number of benzene rings is 1. The molecule has 3 N–H and O–H groups in total. The monoisotopic (exact) mass is 302 g/mol. The number of anilines is 1. The summed E-state index contributed by atoms with van der Waals surface area (Å²) in [5, 5.41) is 2.54. The Morgan fingerprint density at radius 3 is 2.63 bits per heavy atom. The largest absolute Gasteiger partial charge is 0.398 e. The van der Waals surface area contributed by atoms with E-state index in [1.807, 2.05) is 13.8 Å². The van der Waals surface area contributed by atoms with Crippen LogP contribution < -0.4 is 11.1 Å². The second kappa shape index (κ2) is 6.91. The van der Waals surface area contributed by atoms with E-state index in [2.05, 4.69) is 5.32 Å². The summed E-state index contributed by atoms with van der Waals surface area (Å²) in [6, 6.07) is 4.76. The van der Waals surface area contributed by atoms with Crippen molar-refractivity contribution in [1.82, 2.24) is 5.32 Å². The van der Waals surface area contributed by atoms with Crippen molar-refractivity contribution in [3.63, 3.8) is 0 Å². The smallest absolute Gasteiger partial charge is 0.235 e. The number of carbonyl (C=O) groups is 1. The van der Waals surface area contributed by atoms with Gasteiger partial charge in [0.2, 0.25) is 5.91 Å². The van der Waals surface area contributed by atoms with E-state index < -0.39 is 16.0 Å². The average molecular weight is 303 g/mol. The predicted octanol–water partition coefficient (Wildman–Crippen LogP) is 2.19. The molecule has 0 spiro atoms. The minimum atomic E-state index is -1.52. The van der Waals surface area contributed by atoms with E-state index in [0.29, 0.717) is 28.1 Å². The molecule has 0 aliphatic heterocycles. The van der Waals surface area contributed by atoms with Gasteiger partial charge >= 0.3 is 0 Å². The van der Waals surface area contributed by atoms with E-state index in [1.54, 1.807) is 25.1 Å². The zero-order valence-electron chi connectivity index (χ0n) is 11.3. The highest BCUT2D eigenvalue weighted by atomic mass is 35.5. The maximum absolute atomic E-state index is 12.3. The lowest BCUT2D eigenvalue weighted by Gasteiger charge is -2.14. The molecule has 0 fully saturated rings. The number of hydrogen-bond donors (Lipinski definition) is 2. The van der Waals surface area contributed by atoms with Gasteiger partial charge in [-0.3, -0.25) is 9.00 Å². The third kappa shape index (κ3) is 4.51. The molecule has 0 aromatic heterocycles. The molecule has 0 heterocycles. The van der Waals surface area contributed by atoms with Gasteiger partial charge in [0.15, 0.2) is 0 Å². The quantitative estimate of drug-likeness (QED) is 0.819. The summed E-state index contributed by atoms with van der Waals surface area (Å²) in [4.78, 5) is 12.3. The van der Waals surface area contributed by atoms with Crippen LogP contribution in [0.25, 0.3) is 0 Å². The summed E-state index contributed by atoms with van der Waals surface area (Å²) >= 11 is 5.86. The fourth-order valence-electron chi connectivity index (χ4n) is 1.42. The van der Waals surface area contributed by atoms with Gasteiger partial charge in [-0.15, -0.1) is 0 Å². The Bertz CT molecular complexity index is 492. The van der Waals surface area contributed by atoms with E-state index >= 15 is 0 Å². The number of rotatable bonds is 5. The topological polar surface area (TPSA) is 72.2 Å². The molecule has 0 saturated carbocycles. The van der Waals surface area contributed by atoms with Crippen molar-refractivity contribution in [2.45, 2.75) is 30.9 Å². The van der Waals surface area contributed by atoms with Crippen LogP contribution in [0.15, 0.2) is 23.1 Å². The van der Waals surface area contributed by atoms with Crippen LogP contribution in [-0.2, 0) is 15.6 Å². The molecule has 19 heavy (non-hydrogen) atoms. The Balaban J connectivity index is 2.81. The number of nitrogens with one attached hydrogen (secondary N) is 1. The standard InChI is InChI=1S/C13H19ClN2O2S/c1-8(2)7-16-13(17)9(3)19(18)12-6-10(14)4-5-11(12)15/h4-6,8-9H,7,15H2,1-3H3,(H,16,17). The molecule has 4 nitrogen and oxygen atoms in total. The van der Waals surface area contributed by atoms with Gasteiger partial charge < -0.3 is 11.1 Å². The molecule has 0 radical (unpaired) electrons. The molecule has 1 aromatic rings. The van der Waals surface area contributed by atoms with E-state index in [0.717, 1.165) is 0 Å². The first-order chi connectivity index (χ1) is 8.82. The van der Waals surface area contributed by atoms with Crippen molar-refractivity contribution in [1.29, 1.82) is 0 Å². The van der Waals surface area contributed by atoms with Gasteiger partial charge in [0.1, 0.15) is 5.25 Å².